The van der Waals surface area contributed by atoms with E-state index in [1.165, 1.54) is 6.20 Å². The second-order valence-corrected chi connectivity index (χ2v) is 4.37. The van der Waals surface area contributed by atoms with Gasteiger partial charge in [-0.3, -0.25) is 0 Å². The van der Waals surface area contributed by atoms with Gasteiger partial charge in [0.2, 0.25) is 0 Å². The second kappa shape index (κ2) is 5.56. The van der Waals surface area contributed by atoms with Gasteiger partial charge in [0.1, 0.15) is 11.8 Å². The predicted octanol–water partition coefficient (Wildman–Crippen LogP) is 0.565. The van der Waals surface area contributed by atoms with Gasteiger partial charge in [-0.05, 0) is 26.2 Å². The van der Waals surface area contributed by atoms with Crippen LogP contribution < -0.4 is 5.73 Å². The number of rotatable bonds is 4. The predicted molar refractivity (Wildman–Crippen MR) is 67.7 cm³/mol. The van der Waals surface area contributed by atoms with E-state index in [1.807, 2.05) is 25.1 Å². The van der Waals surface area contributed by atoms with E-state index in [2.05, 4.69) is 15.1 Å². The van der Waals surface area contributed by atoms with Crippen LogP contribution in [0.1, 0.15) is 17.4 Å². The number of nitrogens with zero attached hydrogens (tertiary/aromatic N) is 5. The molecule has 2 heterocycles. The monoisotopic (exact) mass is 258 g/mol. The van der Waals surface area contributed by atoms with E-state index in [9.17, 15) is 0 Å². The lowest BCUT2D eigenvalue weighted by Crippen LogP contribution is -2.26. The van der Waals surface area contributed by atoms with Crippen LogP contribution in [-0.4, -0.2) is 40.7 Å². The molecule has 1 unspecified atom stereocenters. The zero-order chi connectivity index (χ0) is 13.8. The summed E-state index contributed by atoms with van der Waals surface area (Å²) in [5.41, 5.74) is 6.95. The van der Waals surface area contributed by atoms with Crippen molar-refractivity contribution < 1.29 is 4.52 Å². The SMILES string of the molecule is CN(C)CC(N)c1noc(-c2ccc(C#N)cn2)n1. The lowest BCUT2D eigenvalue weighted by molar-refractivity contribution is 0.357. The van der Waals surface area contributed by atoms with Gasteiger partial charge in [0.15, 0.2) is 5.82 Å². The van der Waals surface area contributed by atoms with Crippen molar-refractivity contribution >= 4 is 0 Å². The first-order chi connectivity index (χ1) is 9.10. The Morgan fingerprint density at radius 2 is 2.26 bits per heavy atom. The molecule has 0 aliphatic rings. The molecule has 0 fully saturated rings. The molecule has 0 saturated carbocycles. The van der Waals surface area contributed by atoms with Gasteiger partial charge in [0, 0.05) is 12.7 Å². The number of hydrogen-bond acceptors (Lipinski definition) is 7. The minimum absolute atomic E-state index is 0.300. The Kier molecular flexibility index (Phi) is 3.85. The molecule has 0 bridgehead atoms. The number of likely N-dealkylation sites (N-methyl/N-ethyl adjacent to an activating group) is 1. The van der Waals surface area contributed by atoms with Crippen LogP contribution in [0.2, 0.25) is 0 Å². The highest BCUT2D eigenvalue weighted by Gasteiger charge is 2.16. The first-order valence-corrected chi connectivity index (χ1v) is 5.70. The molecule has 0 aliphatic heterocycles. The van der Waals surface area contributed by atoms with Crippen molar-refractivity contribution in [3.63, 3.8) is 0 Å². The molecule has 0 radical (unpaired) electrons. The summed E-state index contributed by atoms with van der Waals surface area (Å²) in [5, 5.41) is 12.5. The fraction of sp³-hybridized carbons (Fsp3) is 0.333. The Hall–Kier alpha value is -2.30. The molecule has 2 N–H and O–H groups in total. The van der Waals surface area contributed by atoms with Crippen LogP contribution in [0.3, 0.4) is 0 Å². The summed E-state index contributed by atoms with van der Waals surface area (Å²) < 4.78 is 5.12. The number of hydrogen-bond donors (Lipinski definition) is 1. The van der Waals surface area contributed by atoms with E-state index >= 15 is 0 Å². The average molecular weight is 258 g/mol. The smallest absolute Gasteiger partial charge is 0.276 e. The van der Waals surface area contributed by atoms with Gasteiger partial charge in [-0.1, -0.05) is 5.16 Å². The van der Waals surface area contributed by atoms with Crippen LogP contribution >= 0.6 is 0 Å². The number of pyridine rings is 1. The summed E-state index contributed by atoms with van der Waals surface area (Å²) in [4.78, 5) is 10.2. The molecule has 0 saturated heterocycles. The molecule has 2 aromatic rings. The zero-order valence-corrected chi connectivity index (χ0v) is 10.7. The zero-order valence-electron chi connectivity index (χ0n) is 10.7. The Morgan fingerprint density at radius 1 is 1.47 bits per heavy atom. The van der Waals surface area contributed by atoms with E-state index < -0.39 is 0 Å². The summed E-state index contributed by atoms with van der Waals surface area (Å²) in [6, 6.07) is 4.99. The second-order valence-electron chi connectivity index (χ2n) is 4.37. The fourth-order valence-electron chi connectivity index (χ4n) is 1.55. The van der Waals surface area contributed by atoms with Crippen LogP contribution in [-0.2, 0) is 0 Å². The number of nitriles is 1. The third-order valence-electron chi connectivity index (χ3n) is 2.45. The van der Waals surface area contributed by atoms with E-state index in [0.29, 0.717) is 29.5 Å². The summed E-state index contributed by atoms with van der Waals surface area (Å²) in [5.74, 6) is 0.739. The maximum atomic E-state index is 8.70. The highest BCUT2D eigenvalue weighted by Crippen LogP contribution is 2.16. The third kappa shape index (κ3) is 3.13. The van der Waals surface area contributed by atoms with Crippen molar-refractivity contribution in [2.24, 2.45) is 5.73 Å². The van der Waals surface area contributed by atoms with Gasteiger partial charge in [0.25, 0.3) is 5.89 Å². The van der Waals surface area contributed by atoms with Crippen molar-refractivity contribution in [1.82, 2.24) is 20.0 Å². The molecular weight excluding hydrogens is 244 g/mol. The van der Waals surface area contributed by atoms with Crippen molar-refractivity contribution in [3.05, 3.63) is 29.7 Å². The van der Waals surface area contributed by atoms with E-state index in [1.54, 1.807) is 12.1 Å². The number of aromatic nitrogens is 3. The number of nitrogens with two attached hydrogens (primary N) is 1. The molecule has 0 aliphatic carbocycles. The third-order valence-corrected chi connectivity index (χ3v) is 2.45. The molecule has 98 valence electrons. The van der Waals surface area contributed by atoms with Crippen LogP contribution in [0.15, 0.2) is 22.9 Å². The first kappa shape index (κ1) is 13.1. The van der Waals surface area contributed by atoms with Gasteiger partial charge in [-0.15, -0.1) is 0 Å². The Bertz CT molecular complexity index is 583. The molecule has 7 nitrogen and oxygen atoms in total. The minimum Gasteiger partial charge on any atom is -0.332 e. The van der Waals surface area contributed by atoms with Crippen LogP contribution in [0.5, 0.6) is 0 Å². The summed E-state index contributed by atoms with van der Waals surface area (Å²) >= 11 is 0. The van der Waals surface area contributed by atoms with Crippen LogP contribution in [0.25, 0.3) is 11.6 Å². The molecule has 2 aromatic heterocycles. The van der Waals surface area contributed by atoms with Gasteiger partial charge in [0.05, 0.1) is 11.6 Å². The lowest BCUT2D eigenvalue weighted by atomic mass is 10.2. The van der Waals surface area contributed by atoms with Crippen LogP contribution in [0, 0.1) is 11.3 Å². The molecular formula is C12H14N6O. The highest BCUT2D eigenvalue weighted by molar-refractivity contribution is 5.47. The largest absolute Gasteiger partial charge is 0.332 e. The van der Waals surface area contributed by atoms with Gasteiger partial charge >= 0.3 is 0 Å². The minimum atomic E-state index is -0.314. The Morgan fingerprint density at radius 3 is 2.84 bits per heavy atom. The van der Waals surface area contributed by atoms with Crippen LogP contribution in [0.4, 0.5) is 0 Å². The van der Waals surface area contributed by atoms with Crippen molar-refractivity contribution in [1.29, 1.82) is 5.26 Å². The van der Waals surface area contributed by atoms with Crippen molar-refractivity contribution in [2.75, 3.05) is 20.6 Å². The topological polar surface area (TPSA) is 105 Å². The summed E-state index contributed by atoms with van der Waals surface area (Å²) in [7, 11) is 3.84. The molecule has 19 heavy (non-hydrogen) atoms. The first-order valence-electron chi connectivity index (χ1n) is 5.70. The molecule has 7 heteroatoms. The van der Waals surface area contributed by atoms with Gasteiger partial charge < -0.3 is 15.2 Å². The van der Waals surface area contributed by atoms with Gasteiger partial charge in [-0.25, -0.2) is 4.98 Å². The standard InChI is InChI=1S/C12H14N6O/c1-18(2)7-9(14)11-16-12(19-17-11)10-4-3-8(5-13)6-15-10/h3-4,6,9H,7,14H2,1-2H3. The normalized spacial score (nSPS) is 12.4. The molecule has 2 rings (SSSR count). The molecule has 0 aromatic carbocycles. The van der Waals surface area contributed by atoms with Crippen molar-refractivity contribution in [3.8, 4) is 17.7 Å². The average Bonchev–Trinajstić information content (AvgIpc) is 2.88. The highest BCUT2D eigenvalue weighted by atomic mass is 16.5. The van der Waals surface area contributed by atoms with Gasteiger partial charge in [-0.2, -0.15) is 10.2 Å². The molecule has 1 atom stereocenters. The Balaban J connectivity index is 2.18. The van der Waals surface area contributed by atoms with E-state index in [-0.39, 0.29) is 6.04 Å². The van der Waals surface area contributed by atoms with E-state index in [0.717, 1.165) is 0 Å². The van der Waals surface area contributed by atoms with Crippen molar-refractivity contribution in [2.45, 2.75) is 6.04 Å². The molecule has 0 amide bonds. The maximum absolute atomic E-state index is 8.70. The summed E-state index contributed by atoms with van der Waals surface area (Å²) in [6.07, 6.45) is 1.46. The Labute approximate surface area is 110 Å². The summed E-state index contributed by atoms with van der Waals surface area (Å²) in [6.45, 7) is 0.625. The van der Waals surface area contributed by atoms with E-state index in [4.69, 9.17) is 15.5 Å². The fourth-order valence-corrected chi connectivity index (χ4v) is 1.55. The lowest BCUT2D eigenvalue weighted by Gasteiger charge is -2.12. The quantitative estimate of drug-likeness (QED) is 0.854. The maximum Gasteiger partial charge on any atom is 0.276 e. The molecule has 0 spiro atoms.